The highest BCUT2D eigenvalue weighted by molar-refractivity contribution is 6.35. The molecule has 1 aliphatic rings. The molecule has 0 spiro atoms. The second-order valence-corrected chi connectivity index (χ2v) is 9.06. The van der Waals surface area contributed by atoms with Crippen LogP contribution in [0.2, 0.25) is 10.0 Å². The van der Waals surface area contributed by atoms with Crippen molar-refractivity contribution in [3.8, 4) is 5.69 Å². The molecule has 0 unspecified atom stereocenters. The number of rotatable bonds is 5. The zero-order valence-electron chi connectivity index (χ0n) is 18.1. The van der Waals surface area contributed by atoms with Gasteiger partial charge in [-0.2, -0.15) is 5.10 Å². The van der Waals surface area contributed by atoms with Gasteiger partial charge in [0.05, 0.1) is 22.8 Å². The van der Waals surface area contributed by atoms with Crippen LogP contribution in [0, 0.1) is 19.8 Å². The van der Waals surface area contributed by atoms with Gasteiger partial charge in [0.2, 0.25) is 5.91 Å². The predicted octanol–water partition coefficient (Wildman–Crippen LogP) is 5.46. The highest BCUT2D eigenvalue weighted by Crippen LogP contribution is 2.28. The summed E-state index contributed by atoms with van der Waals surface area (Å²) in [6.07, 6.45) is 1.66. The van der Waals surface area contributed by atoms with Gasteiger partial charge >= 0.3 is 0 Å². The topological polar surface area (TPSA) is 55.2 Å². The van der Waals surface area contributed by atoms with Crippen molar-refractivity contribution in [2.24, 2.45) is 5.92 Å². The van der Waals surface area contributed by atoms with Crippen LogP contribution in [-0.2, 0) is 11.2 Å². The van der Waals surface area contributed by atoms with Crippen LogP contribution in [0.25, 0.3) is 5.69 Å². The molecule has 1 aromatic heterocycles. The van der Waals surface area contributed by atoms with Gasteiger partial charge in [-0.1, -0.05) is 53.5 Å². The van der Waals surface area contributed by atoms with Gasteiger partial charge in [0.25, 0.3) is 0 Å². The first-order valence-electron chi connectivity index (χ1n) is 10.7. The number of Topliss-reactive ketones (excluding diaryl/α,β-unsaturated/α-hetero) is 1. The minimum absolute atomic E-state index is 0.0280. The molecule has 0 radical (unpaired) electrons. The maximum Gasteiger partial charge on any atom is 0.227 e. The Kier molecular flexibility index (Phi) is 6.68. The van der Waals surface area contributed by atoms with E-state index < -0.39 is 0 Å². The number of aromatic nitrogens is 2. The second kappa shape index (κ2) is 9.47. The summed E-state index contributed by atoms with van der Waals surface area (Å²) in [5.41, 5.74) is 4.07. The van der Waals surface area contributed by atoms with Crippen molar-refractivity contribution in [2.45, 2.75) is 33.1 Å². The van der Waals surface area contributed by atoms with Crippen molar-refractivity contribution >= 4 is 34.9 Å². The molecule has 0 N–H and O–H groups in total. The average Bonchev–Trinajstić information content (AvgIpc) is 3.07. The number of hydrogen-bond donors (Lipinski definition) is 0. The fourth-order valence-electron chi connectivity index (χ4n) is 4.31. The first-order valence-corrected chi connectivity index (χ1v) is 11.5. The third kappa shape index (κ3) is 4.59. The zero-order valence-corrected chi connectivity index (χ0v) is 19.7. The molecule has 1 aliphatic heterocycles. The van der Waals surface area contributed by atoms with Crippen molar-refractivity contribution in [3.05, 3.63) is 81.1 Å². The Morgan fingerprint density at radius 3 is 2.38 bits per heavy atom. The first kappa shape index (κ1) is 22.6. The van der Waals surface area contributed by atoms with E-state index in [0.717, 1.165) is 28.2 Å². The van der Waals surface area contributed by atoms with Crippen molar-refractivity contribution in [2.75, 3.05) is 13.1 Å². The summed E-state index contributed by atoms with van der Waals surface area (Å²) in [6.45, 7) is 5.04. The summed E-state index contributed by atoms with van der Waals surface area (Å²) in [4.78, 5) is 27.6. The number of benzene rings is 2. The number of halogens is 2. The number of aryl methyl sites for hydroxylation is 1. The molecule has 5 nitrogen and oxygen atoms in total. The smallest absolute Gasteiger partial charge is 0.227 e. The van der Waals surface area contributed by atoms with E-state index >= 15 is 0 Å². The minimum atomic E-state index is -0.0280. The Hall–Kier alpha value is -2.63. The highest BCUT2D eigenvalue weighted by Gasteiger charge is 2.29. The van der Waals surface area contributed by atoms with Crippen LogP contribution < -0.4 is 0 Å². The van der Waals surface area contributed by atoms with Gasteiger partial charge in [0.15, 0.2) is 5.78 Å². The molecule has 0 aliphatic carbocycles. The van der Waals surface area contributed by atoms with Crippen molar-refractivity contribution in [3.63, 3.8) is 0 Å². The predicted molar refractivity (Wildman–Crippen MR) is 127 cm³/mol. The van der Waals surface area contributed by atoms with Crippen LogP contribution in [0.4, 0.5) is 0 Å². The average molecular weight is 470 g/mol. The number of carbonyl (C=O) groups excluding carboxylic acids is 2. The van der Waals surface area contributed by atoms with Gasteiger partial charge in [-0.15, -0.1) is 0 Å². The van der Waals surface area contributed by atoms with Crippen LogP contribution >= 0.6 is 23.2 Å². The lowest BCUT2D eigenvalue weighted by molar-refractivity contribution is -0.131. The van der Waals surface area contributed by atoms with Crippen LogP contribution in [-0.4, -0.2) is 39.5 Å². The Bertz CT molecular complexity index is 1150. The molecular formula is C25H25Cl2N3O2. The maximum atomic E-state index is 13.0. The van der Waals surface area contributed by atoms with Gasteiger partial charge in [0.1, 0.15) is 0 Å². The van der Waals surface area contributed by atoms with Crippen LogP contribution in [0.1, 0.15) is 40.2 Å². The molecule has 4 rings (SSSR count). The molecule has 32 heavy (non-hydrogen) atoms. The number of likely N-dealkylation sites (tertiary alicyclic amines) is 1. The van der Waals surface area contributed by atoms with Crippen molar-refractivity contribution in [1.82, 2.24) is 14.7 Å². The summed E-state index contributed by atoms with van der Waals surface area (Å²) < 4.78 is 1.77. The molecule has 0 saturated carbocycles. The van der Waals surface area contributed by atoms with E-state index in [4.69, 9.17) is 23.2 Å². The third-order valence-corrected chi connectivity index (χ3v) is 6.72. The second-order valence-electron chi connectivity index (χ2n) is 8.22. The maximum absolute atomic E-state index is 13.0. The van der Waals surface area contributed by atoms with E-state index in [1.807, 2.05) is 55.1 Å². The van der Waals surface area contributed by atoms with Crippen LogP contribution in [0.15, 0.2) is 48.5 Å². The summed E-state index contributed by atoms with van der Waals surface area (Å²) in [7, 11) is 0. The van der Waals surface area contributed by atoms with Crippen LogP contribution in [0.3, 0.4) is 0 Å². The molecular weight excluding hydrogens is 445 g/mol. The van der Waals surface area contributed by atoms with Gasteiger partial charge < -0.3 is 4.90 Å². The molecule has 1 amide bonds. The van der Waals surface area contributed by atoms with Gasteiger partial charge in [-0.05, 0) is 44.9 Å². The van der Waals surface area contributed by atoms with Crippen molar-refractivity contribution in [1.29, 1.82) is 0 Å². The van der Waals surface area contributed by atoms with E-state index in [0.29, 0.717) is 36.0 Å². The Labute approximate surface area is 197 Å². The fourth-order valence-corrected chi connectivity index (χ4v) is 4.80. The third-order valence-electron chi connectivity index (χ3n) is 6.18. The normalized spacial score (nSPS) is 14.6. The SMILES string of the molecule is Cc1nn(-c2ccc(Cl)cc2Cl)c(C)c1CC(=O)N1CCC(C(=O)c2ccccc2)CC1. The lowest BCUT2D eigenvalue weighted by Gasteiger charge is -2.31. The molecule has 2 heterocycles. The molecule has 1 saturated heterocycles. The number of amides is 1. The molecule has 3 aromatic rings. The standard InChI is InChI=1S/C25H25Cl2N3O2/c1-16-21(17(2)30(28-16)23-9-8-20(26)14-22(23)27)15-24(31)29-12-10-19(11-13-29)25(32)18-6-4-3-5-7-18/h3-9,14,19H,10-13,15H2,1-2H3. The summed E-state index contributed by atoms with van der Waals surface area (Å²) in [5, 5.41) is 5.68. The molecule has 2 aromatic carbocycles. The molecule has 1 fully saturated rings. The lowest BCUT2D eigenvalue weighted by Crippen LogP contribution is -2.41. The number of ketones is 1. The number of hydrogen-bond acceptors (Lipinski definition) is 3. The first-order chi connectivity index (χ1) is 15.3. The van der Waals surface area contributed by atoms with Gasteiger partial charge in [-0.25, -0.2) is 4.68 Å². The lowest BCUT2D eigenvalue weighted by atomic mass is 9.88. The summed E-state index contributed by atoms with van der Waals surface area (Å²) >= 11 is 12.4. The molecule has 0 bridgehead atoms. The van der Waals surface area contributed by atoms with Crippen molar-refractivity contribution < 1.29 is 9.59 Å². The summed E-state index contributed by atoms with van der Waals surface area (Å²) in [5.74, 6) is 0.203. The van der Waals surface area contributed by atoms with E-state index in [9.17, 15) is 9.59 Å². The fraction of sp³-hybridized carbons (Fsp3) is 0.320. The molecule has 166 valence electrons. The van der Waals surface area contributed by atoms with E-state index in [2.05, 4.69) is 5.10 Å². The highest BCUT2D eigenvalue weighted by atomic mass is 35.5. The minimum Gasteiger partial charge on any atom is -0.342 e. The van der Waals surface area contributed by atoms with Crippen LogP contribution in [0.5, 0.6) is 0 Å². The van der Waals surface area contributed by atoms with Gasteiger partial charge in [0, 0.05) is 40.9 Å². The Morgan fingerprint density at radius 1 is 1.03 bits per heavy atom. The van der Waals surface area contributed by atoms with E-state index in [-0.39, 0.29) is 24.0 Å². The van der Waals surface area contributed by atoms with Gasteiger partial charge in [-0.3, -0.25) is 9.59 Å². The largest absolute Gasteiger partial charge is 0.342 e. The number of carbonyl (C=O) groups is 2. The Morgan fingerprint density at radius 2 is 1.72 bits per heavy atom. The molecule has 7 heteroatoms. The number of piperidine rings is 1. The monoisotopic (exact) mass is 469 g/mol. The summed E-state index contributed by atoms with van der Waals surface area (Å²) in [6, 6.07) is 14.7. The zero-order chi connectivity index (χ0) is 22.8. The van der Waals surface area contributed by atoms with E-state index in [1.54, 1.807) is 16.8 Å². The molecule has 0 atom stereocenters. The Balaban J connectivity index is 1.43. The number of nitrogens with zero attached hydrogens (tertiary/aromatic N) is 3. The quantitative estimate of drug-likeness (QED) is 0.466. The van der Waals surface area contributed by atoms with E-state index in [1.165, 1.54) is 0 Å².